The van der Waals surface area contributed by atoms with Gasteiger partial charge in [0.05, 0.1) is 22.2 Å². The van der Waals surface area contributed by atoms with Gasteiger partial charge in [-0.1, -0.05) is 19.1 Å². The number of amides is 1. The van der Waals surface area contributed by atoms with Crippen LogP contribution in [-0.4, -0.2) is 44.6 Å². The lowest BCUT2D eigenvalue weighted by atomic mass is 10.0. The van der Waals surface area contributed by atoms with Gasteiger partial charge in [0.2, 0.25) is 5.95 Å². The third-order valence-electron chi connectivity index (χ3n) is 4.04. The molecular weight excluding hydrogens is 352 g/mol. The van der Waals surface area contributed by atoms with Crippen LogP contribution < -0.4 is 10.2 Å². The smallest absolute Gasteiger partial charge is 0.255 e. The second-order valence-electron chi connectivity index (χ2n) is 6.34. The Morgan fingerprint density at radius 3 is 2.31 bits per heavy atom. The first kappa shape index (κ1) is 19.8. The third kappa shape index (κ3) is 4.57. The van der Waals surface area contributed by atoms with Crippen LogP contribution in [0.1, 0.15) is 41.0 Å². The van der Waals surface area contributed by atoms with Gasteiger partial charge in [-0.05, 0) is 31.0 Å². The first-order chi connectivity index (χ1) is 12.1. The largest absolute Gasteiger partial charge is 0.347 e. The molecule has 1 amide bonds. The van der Waals surface area contributed by atoms with Crippen LogP contribution in [0.25, 0.3) is 0 Å². The van der Waals surface area contributed by atoms with Crippen molar-refractivity contribution in [3.8, 4) is 0 Å². The number of benzene rings is 1. The Labute approximate surface area is 154 Å². The Morgan fingerprint density at radius 1 is 1.23 bits per heavy atom. The molecule has 140 valence electrons. The van der Waals surface area contributed by atoms with E-state index in [0.29, 0.717) is 23.6 Å². The standard InChI is InChI=1S/C18H24N4O3S/c1-6-16(13-7-9-14(10-8-13)26(5,24)25)21-17(23)15-11-19-18(22(3)4)20-12(15)2/h7-11,16H,6H2,1-5H3,(H,21,23)/t16-/m0/s1. The number of nitrogens with zero attached hydrogens (tertiary/aromatic N) is 3. The molecule has 2 aromatic rings. The van der Waals surface area contributed by atoms with Crippen molar-refractivity contribution in [3.63, 3.8) is 0 Å². The van der Waals surface area contributed by atoms with E-state index in [1.54, 1.807) is 36.1 Å². The Hall–Kier alpha value is -2.48. The predicted octanol–water partition coefficient (Wildman–Crippen LogP) is 2.14. The van der Waals surface area contributed by atoms with Crippen LogP contribution in [0.3, 0.4) is 0 Å². The number of hydrogen-bond donors (Lipinski definition) is 1. The van der Waals surface area contributed by atoms with Gasteiger partial charge < -0.3 is 10.2 Å². The fourth-order valence-electron chi connectivity index (χ4n) is 2.50. The molecule has 0 unspecified atom stereocenters. The van der Waals surface area contributed by atoms with Crippen molar-refractivity contribution in [2.45, 2.75) is 31.2 Å². The maximum absolute atomic E-state index is 12.6. The summed E-state index contributed by atoms with van der Waals surface area (Å²) in [5, 5.41) is 2.97. The highest BCUT2D eigenvalue weighted by Gasteiger charge is 2.18. The lowest BCUT2D eigenvalue weighted by molar-refractivity contribution is 0.0934. The van der Waals surface area contributed by atoms with E-state index in [9.17, 15) is 13.2 Å². The van der Waals surface area contributed by atoms with Gasteiger partial charge >= 0.3 is 0 Å². The molecule has 0 radical (unpaired) electrons. The molecule has 0 saturated heterocycles. The van der Waals surface area contributed by atoms with Crippen molar-refractivity contribution < 1.29 is 13.2 Å². The van der Waals surface area contributed by atoms with Crippen LogP contribution in [0, 0.1) is 6.92 Å². The van der Waals surface area contributed by atoms with Crippen LogP contribution in [0.15, 0.2) is 35.4 Å². The van der Waals surface area contributed by atoms with E-state index in [-0.39, 0.29) is 16.8 Å². The van der Waals surface area contributed by atoms with Gasteiger partial charge in [-0.3, -0.25) is 4.79 Å². The molecule has 0 aliphatic rings. The zero-order valence-corrected chi connectivity index (χ0v) is 16.5. The molecule has 7 nitrogen and oxygen atoms in total. The molecule has 26 heavy (non-hydrogen) atoms. The first-order valence-electron chi connectivity index (χ1n) is 8.25. The molecule has 0 fully saturated rings. The molecule has 1 N–H and O–H groups in total. The number of rotatable bonds is 6. The van der Waals surface area contributed by atoms with E-state index in [4.69, 9.17) is 0 Å². The van der Waals surface area contributed by atoms with E-state index in [1.807, 2.05) is 21.0 Å². The lowest BCUT2D eigenvalue weighted by Gasteiger charge is -2.19. The van der Waals surface area contributed by atoms with Crippen LogP contribution in [0.2, 0.25) is 0 Å². The summed E-state index contributed by atoms with van der Waals surface area (Å²) in [6.07, 6.45) is 3.35. The molecule has 1 aromatic heterocycles. The number of aromatic nitrogens is 2. The molecule has 0 saturated carbocycles. The predicted molar refractivity (Wildman–Crippen MR) is 101 cm³/mol. The summed E-state index contributed by atoms with van der Waals surface area (Å²) in [5.74, 6) is 0.286. The minimum absolute atomic E-state index is 0.232. The summed E-state index contributed by atoms with van der Waals surface area (Å²) in [6, 6.07) is 6.33. The minimum atomic E-state index is -3.24. The molecular formula is C18H24N4O3S. The number of carbonyl (C=O) groups is 1. The van der Waals surface area contributed by atoms with E-state index < -0.39 is 9.84 Å². The molecule has 2 rings (SSSR count). The Kier molecular flexibility index (Phi) is 5.97. The average Bonchev–Trinajstić information content (AvgIpc) is 2.58. The average molecular weight is 376 g/mol. The summed E-state index contributed by atoms with van der Waals surface area (Å²) < 4.78 is 23.1. The molecule has 0 bridgehead atoms. The maximum atomic E-state index is 12.6. The second kappa shape index (κ2) is 7.82. The van der Waals surface area contributed by atoms with E-state index in [0.717, 1.165) is 5.56 Å². The van der Waals surface area contributed by atoms with E-state index >= 15 is 0 Å². The van der Waals surface area contributed by atoms with Crippen molar-refractivity contribution in [1.29, 1.82) is 0 Å². The molecule has 0 aliphatic heterocycles. The van der Waals surface area contributed by atoms with Crippen molar-refractivity contribution in [3.05, 3.63) is 47.3 Å². The quantitative estimate of drug-likeness (QED) is 0.830. The molecule has 0 spiro atoms. The van der Waals surface area contributed by atoms with Gasteiger partial charge in [-0.25, -0.2) is 18.4 Å². The van der Waals surface area contributed by atoms with Gasteiger partial charge in [0, 0.05) is 26.5 Å². The summed E-state index contributed by atoms with van der Waals surface area (Å²) >= 11 is 0. The Bertz CT molecular complexity index is 893. The highest BCUT2D eigenvalue weighted by Crippen LogP contribution is 2.20. The molecule has 8 heteroatoms. The number of sulfone groups is 1. The summed E-state index contributed by atoms with van der Waals surface area (Å²) in [5.41, 5.74) is 1.86. The third-order valence-corrected chi connectivity index (χ3v) is 5.16. The second-order valence-corrected chi connectivity index (χ2v) is 8.35. The Balaban J connectivity index is 2.21. The van der Waals surface area contributed by atoms with Gasteiger partial charge in [-0.2, -0.15) is 0 Å². The fraction of sp³-hybridized carbons (Fsp3) is 0.389. The number of nitrogens with one attached hydrogen (secondary N) is 1. The summed E-state index contributed by atoms with van der Waals surface area (Å²) in [6.45, 7) is 3.72. The fourth-order valence-corrected chi connectivity index (χ4v) is 3.13. The molecule has 0 aliphatic carbocycles. The summed E-state index contributed by atoms with van der Waals surface area (Å²) in [7, 11) is 0.428. The monoisotopic (exact) mass is 376 g/mol. The van der Waals surface area contributed by atoms with Crippen LogP contribution in [0.5, 0.6) is 0 Å². The minimum Gasteiger partial charge on any atom is -0.347 e. The number of hydrogen-bond acceptors (Lipinski definition) is 6. The van der Waals surface area contributed by atoms with Gasteiger partial charge in [0.1, 0.15) is 0 Å². The van der Waals surface area contributed by atoms with Crippen LogP contribution in [-0.2, 0) is 9.84 Å². The highest BCUT2D eigenvalue weighted by atomic mass is 32.2. The maximum Gasteiger partial charge on any atom is 0.255 e. The zero-order chi connectivity index (χ0) is 19.5. The van der Waals surface area contributed by atoms with Crippen molar-refractivity contribution in [2.24, 2.45) is 0 Å². The topological polar surface area (TPSA) is 92.3 Å². The van der Waals surface area contributed by atoms with Crippen molar-refractivity contribution in [1.82, 2.24) is 15.3 Å². The van der Waals surface area contributed by atoms with Gasteiger partial charge in [0.25, 0.3) is 5.91 Å². The summed E-state index contributed by atoms with van der Waals surface area (Å²) in [4.78, 5) is 23.2. The number of carbonyl (C=O) groups excluding carboxylic acids is 1. The SMILES string of the molecule is CC[C@H](NC(=O)c1cnc(N(C)C)nc1C)c1ccc(S(C)(=O)=O)cc1. The normalized spacial score (nSPS) is 12.5. The highest BCUT2D eigenvalue weighted by molar-refractivity contribution is 7.90. The van der Waals surface area contributed by atoms with Crippen LogP contribution in [0.4, 0.5) is 5.95 Å². The van der Waals surface area contributed by atoms with Crippen molar-refractivity contribution >= 4 is 21.7 Å². The van der Waals surface area contributed by atoms with Gasteiger partial charge in [-0.15, -0.1) is 0 Å². The van der Waals surface area contributed by atoms with Crippen LogP contribution >= 0.6 is 0 Å². The molecule has 1 aromatic carbocycles. The Morgan fingerprint density at radius 2 is 1.85 bits per heavy atom. The number of aryl methyl sites for hydroxylation is 1. The molecule has 1 atom stereocenters. The zero-order valence-electron chi connectivity index (χ0n) is 15.6. The van der Waals surface area contributed by atoms with E-state index in [1.165, 1.54) is 12.5 Å². The van der Waals surface area contributed by atoms with Gasteiger partial charge in [0.15, 0.2) is 9.84 Å². The first-order valence-corrected chi connectivity index (χ1v) is 10.1. The van der Waals surface area contributed by atoms with E-state index in [2.05, 4.69) is 15.3 Å². The molecule has 1 heterocycles. The number of anilines is 1. The van der Waals surface area contributed by atoms with Crippen molar-refractivity contribution in [2.75, 3.05) is 25.3 Å². The lowest BCUT2D eigenvalue weighted by Crippen LogP contribution is -2.29.